The maximum atomic E-state index is 12.1. The number of hydrogen-bond donors (Lipinski definition) is 7. The van der Waals surface area contributed by atoms with Crippen molar-refractivity contribution in [1.82, 2.24) is 21.3 Å². The first-order valence-electron chi connectivity index (χ1n) is 24.0. The highest BCUT2D eigenvalue weighted by atomic mass is 16.7. The molecule has 7 N–H and O–H groups in total. The number of aliphatic hydroxyl groups excluding tert-OH is 3. The molecule has 4 unspecified atom stereocenters. The highest BCUT2D eigenvalue weighted by Crippen LogP contribution is 2.30. The molecule has 2 aliphatic rings. The maximum Gasteiger partial charge on any atom is 0.303 e. The van der Waals surface area contributed by atoms with Gasteiger partial charge in [-0.05, 0) is 24.3 Å². The van der Waals surface area contributed by atoms with Crippen LogP contribution in [-0.2, 0) is 66.5 Å². The van der Waals surface area contributed by atoms with Crippen LogP contribution < -0.4 is 21.3 Å². The van der Waals surface area contributed by atoms with Crippen LogP contribution in [0, 0.1) is 26.1 Å². The van der Waals surface area contributed by atoms with Gasteiger partial charge in [0.1, 0.15) is 43.2 Å². The fourth-order valence-electron chi connectivity index (χ4n) is 7.26. The third kappa shape index (κ3) is 25.0. The molecule has 0 saturated carbocycles. The maximum absolute atomic E-state index is 12.1. The van der Waals surface area contributed by atoms with Crippen molar-refractivity contribution in [3.05, 3.63) is 79.9 Å². The van der Waals surface area contributed by atoms with E-state index in [4.69, 9.17) is 47.4 Å². The molecule has 10 atom stereocenters. The monoisotopic (exact) mass is 1110 g/mol. The Morgan fingerprint density at radius 1 is 0.590 bits per heavy atom. The Hall–Kier alpha value is -6.32. The van der Waals surface area contributed by atoms with Crippen molar-refractivity contribution in [2.45, 2.75) is 97.2 Å². The van der Waals surface area contributed by atoms with Gasteiger partial charge in [0.15, 0.2) is 12.6 Å². The standard InChI is InChI=1S/C26H37N3O12.C21H31N3O11.CH4.B/c1-16-23(28-17(2)30)26(41-22(15-39-18(3)31)24(16)40-19(4)32)38-14-13-37-12-11-36-10-9-27-25(33)20-5-7-21(8-6-20)29(34)35;1-13(26)23-17-19(28)18(27)16(12-25)35-21(17)34-11-10-33-9-8-32-7-6-22-20(29)14-2-4-15(5-3-14)24(30)31;;/h5-8,16,22-24,26H,9-15H2,1-4H3,(H,27,33)(H,28,30);2-5,16-19,21,25,27-28H,6-12H2,1H3,(H,22,29)(H,23,26);1H4;/t16-,22?,23?,24-,26-;16?,17?,18-,19+,21+;;/m10../s1. The second-order valence-corrected chi connectivity index (χ2v) is 16.7. The van der Waals surface area contributed by atoms with E-state index in [2.05, 4.69) is 21.3 Å². The van der Waals surface area contributed by atoms with Crippen LogP contribution >= 0.6 is 0 Å². The predicted molar refractivity (Wildman–Crippen MR) is 272 cm³/mol. The highest BCUT2D eigenvalue weighted by molar-refractivity contribution is 5.94. The van der Waals surface area contributed by atoms with Crippen LogP contribution in [0.1, 0.15) is 62.8 Å². The average Bonchev–Trinajstić information content (AvgIpc) is 3.37. The molecular weight excluding hydrogens is 1040 g/mol. The van der Waals surface area contributed by atoms with Gasteiger partial charge in [-0.15, -0.1) is 0 Å². The summed E-state index contributed by atoms with van der Waals surface area (Å²) in [6, 6.07) is 8.85. The summed E-state index contributed by atoms with van der Waals surface area (Å²) in [5.74, 6) is -3.00. The first kappa shape index (κ1) is 69.7. The summed E-state index contributed by atoms with van der Waals surface area (Å²) in [5.41, 5.74) is 0.407. The van der Waals surface area contributed by atoms with E-state index in [1.807, 2.05) is 0 Å². The van der Waals surface area contributed by atoms with Gasteiger partial charge in [0.2, 0.25) is 11.8 Å². The van der Waals surface area contributed by atoms with Crippen molar-refractivity contribution < 1.29 is 101 Å². The number of benzene rings is 2. The number of nitrogens with one attached hydrogen (secondary N) is 4. The number of carbonyl (C=O) groups is 6. The number of ether oxygens (including phenoxy) is 10. The summed E-state index contributed by atoms with van der Waals surface area (Å²) < 4.78 is 54.8. The molecule has 4 amide bonds. The van der Waals surface area contributed by atoms with E-state index in [9.17, 15) is 64.3 Å². The van der Waals surface area contributed by atoms with E-state index < -0.39 is 95.4 Å². The Balaban J connectivity index is 0.000000769. The first-order chi connectivity index (χ1) is 36.2. The molecule has 29 nitrogen and oxygen atoms in total. The third-order valence-corrected chi connectivity index (χ3v) is 10.9. The zero-order valence-electron chi connectivity index (χ0n) is 43.3. The van der Waals surface area contributed by atoms with Gasteiger partial charge in [0.05, 0.1) is 88.6 Å². The van der Waals surface area contributed by atoms with Crippen LogP contribution in [0.2, 0.25) is 0 Å². The lowest BCUT2D eigenvalue weighted by Gasteiger charge is -2.44. The van der Waals surface area contributed by atoms with Gasteiger partial charge < -0.3 is 84.0 Å². The zero-order chi connectivity index (χ0) is 56.2. The topological polar surface area (TPSA) is 390 Å². The molecular formula is C48H72BN6O23. The Labute approximate surface area is 452 Å². The van der Waals surface area contributed by atoms with Gasteiger partial charge in [-0.3, -0.25) is 49.0 Å². The molecule has 2 fully saturated rings. The molecule has 2 aliphatic heterocycles. The van der Waals surface area contributed by atoms with E-state index in [-0.39, 0.29) is 131 Å². The number of hydrogen-bond acceptors (Lipinski definition) is 23. The molecule has 2 aromatic rings. The van der Waals surface area contributed by atoms with Gasteiger partial charge in [-0.25, -0.2) is 0 Å². The van der Waals surface area contributed by atoms with Gasteiger partial charge in [-0.2, -0.15) is 0 Å². The Morgan fingerprint density at radius 2 is 0.987 bits per heavy atom. The number of aliphatic hydroxyl groups is 3. The third-order valence-electron chi connectivity index (χ3n) is 10.9. The van der Waals surface area contributed by atoms with Crippen LogP contribution in [0.15, 0.2) is 48.5 Å². The quantitative estimate of drug-likeness (QED) is 0.0167. The van der Waals surface area contributed by atoms with Crippen molar-refractivity contribution in [1.29, 1.82) is 0 Å². The fraction of sp³-hybridized carbons (Fsp3) is 0.625. The molecule has 0 aliphatic carbocycles. The van der Waals surface area contributed by atoms with Crippen molar-refractivity contribution in [3.8, 4) is 0 Å². The Kier molecular flexibility index (Phi) is 33.5. The van der Waals surface area contributed by atoms with Gasteiger partial charge in [0.25, 0.3) is 23.2 Å². The van der Waals surface area contributed by atoms with E-state index in [1.165, 1.54) is 76.2 Å². The molecule has 2 aromatic carbocycles. The molecule has 435 valence electrons. The lowest BCUT2D eigenvalue weighted by molar-refractivity contribution is -0.385. The van der Waals surface area contributed by atoms with Gasteiger partial charge in [-0.1, -0.05) is 14.4 Å². The van der Waals surface area contributed by atoms with E-state index >= 15 is 0 Å². The van der Waals surface area contributed by atoms with Crippen molar-refractivity contribution >= 4 is 55.4 Å². The molecule has 30 heteroatoms. The summed E-state index contributed by atoms with van der Waals surface area (Å²) >= 11 is 0. The summed E-state index contributed by atoms with van der Waals surface area (Å²) in [6.07, 6.45) is -7.42. The zero-order valence-corrected chi connectivity index (χ0v) is 43.3. The van der Waals surface area contributed by atoms with E-state index in [0.29, 0.717) is 11.1 Å². The van der Waals surface area contributed by atoms with Crippen molar-refractivity contribution in [3.63, 3.8) is 0 Å². The molecule has 2 saturated heterocycles. The highest BCUT2D eigenvalue weighted by Gasteiger charge is 2.47. The number of non-ortho nitro benzene ring substituents is 2. The second-order valence-electron chi connectivity index (χ2n) is 16.7. The Morgan fingerprint density at radius 3 is 1.38 bits per heavy atom. The smallest absolute Gasteiger partial charge is 0.303 e. The molecule has 0 spiro atoms. The predicted octanol–water partition coefficient (Wildman–Crippen LogP) is -0.692. The minimum absolute atomic E-state index is 0. The number of nitrogens with zero attached hydrogens (tertiary/aromatic N) is 2. The lowest BCUT2D eigenvalue weighted by Crippen LogP contribution is -2.64. The van der Waals surface area contributed by atoms with Crippen molar-refractivity contribution in [2.24, 2.45) is 5.92 Å². The van der Waals surface area contributed by atoms with Crippen LogP contribution in [0.25, 0.3) is 0 Å². The molecule has 3 radical (unpaired) electrons. The molecule has 4 rings (SSSR count). The van der Waals surface area contributed by atoms with Crippen molar-refractivity contribution in [2.75, 3.05) is 92.4 Å². The minimum atomic E-state index is -1.39. The summed E-state index contributed by atoms with van der Waals surface area (Å²) in [4.78, 5) is 90.4. The van der Waals surface area contributed by atoms with E-state index in [0.717, 1.165) is 0 Å². The molecule has 2 heterocycles. The number of rotatable bonds is 30. The fourth-order valence-corrected chi connectivity index (χ4v) is 7.26. The molecule has 0 bridgehead atoms. The second kappa shape index (κ2) is 37.5. The number of nitro groups is 2. The van der Waals surface area contributed by atoms with Crippen LogP contribution in [-0.4, -0.2) is 217 Å². The number of carbonyl (C=O) groups excluding carboxylic acids is 6. The summed E-state index contributed by atoms with van der Waals surface area (Å²) in [7, 11) is 0. The van der Waals surface area contributed by atoms with E-state index in [1.54, 1.807) is 6.92 Å². The summed E-state index contributed by atoms with van der Waals surface area (Å²) in [5, 5.41) is 61.3. The molecule has 78 heavy (non-hydrogen) atoms. The van der Waals surface area contributed by atoms with Crippen LogP contribution in [0.4, 0.5) is 11.4 Å². The average molecular weight is 1110 g/mol. The number of nitro benzene ring substituents is 2. The van der Waals surface area contributed by atoms with Gasteiger partial charge in [0, 0.05) is 90.5 Å². The van der Waals surface area contributed by atoms with Crippen LogP contribution in [0.3, 0.4) is 0 Å². The minimum Gasteiger partial charge on any atom is -0.463 e. The SMILES string of the molecule is C.CC(=O)NC1[C@H](OCCOCCOCCNC(=O)c2ccc([N+](=O)[O-])cc2)OC(CO)[C@H](O)[C@@H]1O.CC(=O)NC1[C@H](OCCOCCOCCNC(=O)c2ccc([N+](=O)[O-])cc2)OC(COC(C)=O)[C@H](OC(C)=O)[C@@H]1C.[B]. The molecule has 0 aromatic heterocycles. The summed E-state index contributed by atoms with van der Waals surface area (Å²) in [6.45, 7) is 8.61. The first-order valence-corrected chi connectivity index (χ1v) is 24.0. The number of amides is 4. The van der Waals surface area contributed by atoms with Gasteiger partial charge >= 0.3 is 11.9 Å². The Bertz CT molecular complexity index is 2160. The van der Waals surface area contributed by atoms with Crippen LogP contribution in [0.5, 0.6) is 0 Å². The normalized spacial score (nSPS) is 22.3. The number of esters is 2. The largest absolute Gasteiger partial charge is 0.463 e. The lowest BCUT2D eigenvalue weighted by atomic mass is 9.88.